The maximum Gasteiger partial charge on any atom is 0.227 e. The fourth-order valence-corrected chi connectivity index (χ4v) is 2.41. The normalized spacial score (nSPS) is 16.2. The molecular formula is C15H22N2O. The molecule has 98 valence electrons. The van der Waals surface area contributed by atoms with Crippen molar-refractivity contribution in [2.75, 3.05) is 23.8 Å². The third-order valence-corrected chi connectivity index (χ3v) is 3.57. The monoisotopic (exact) mass is 246 g/mol. The van der Waals surface area contributed by atoms with Crippen LogP contribution in [0.25, 0.3) is 0 Å². The molecular weight excluding hydrogens is 224 g/mol. The molecule has 1 N–H and O–H groups in total. The van der Waals surface area contributed by atoms with Crippen molar-refractivity contribution in [2.45, 2.75) is 39.0 Å². The lowest BCUT2D eigenvalue weighted by atomic mass is 10.0. The molecule has 1 aliphatic heterocycles. The first-order valence-corrected chi connectivity index (χ1v) is 6.75. The summed E-state index contributed by atoms with van der Waals surface area (Å²) in [6, 6.07) is 6.36. The van der Waals surface area contributed by atoms with Crippen LogP contribution in [0.5, 0.6) is 0 Å². The summed E-state index contributed by atoms with van der Waals surface area (Å²) >= 11 is 0. The number of piperidine rings is 1. The highest BCUT2D eigenvalue weighted by Gasteiger charge is 2.21. The molecule has 1 heterocycles. The first kappa shape index (κ1) is 12.9. The fraction of sp³-hybridized carbons (Fsp3) is 0.533. The molecule has 0 aliphatic carbocycles. The molecule has 0 aromatic heterocycles. The van der Waals surface area contributed by atoms with Gasteiger partial charge in [-0.2, -0.15) is 0 Å². The molecule has 1 fully saturated rings. The molecule has 3 heteroatoms. The smallest absolute Gasteiger partial charge is 0.227 e. The van der Waals surface area contributed by atoms with Crippen molar-refractivity contribution >= 4 is 17.3 Å². The number of nitrogens with zero attached hydrogens (tertiary/aromatic N) is 1. The number of anilines is 2. The number of amides is 1. The van der Waals surface area contributed by atoms with Gasteiger partial charge in [-0.3, -0.25) is 4.79 Å². The molecule has 1 amide bonds. The Balaban J connectivity index is 2.34. The van der Waals surface area contributed by atoms with Crippen LogP contribution < -0.4 is 10.2 Å². The van der Waals surface area contributed by atoms with Crippen LogP contribution >= 0.6 is 0 Å². The van der Waals surface area contributed by atoms with Gasteiger partial charge in [0.25, 0.3) is 0 Å². The Kier molecular flexibility index (Phi) is 3.90. The van der Waals surface area contributed by atoms with E-state index in [1.54, 1.807) is 0 Å². The van der Waals surface area contributed by atoms with E-state index in [1.165, 1.54) is 5.56 Å². The van der Waals surface area contributed by atoms with Crippen molar-refractivity contribution in [1.82, 2.24) is 0 Å². The number of nitrogens with one attached hydrogen (secondary N) is 1. The quantitative estimate of drug-likeness (QED) is 0.887. The van der Waals surface area contributed by atoms with E-state index in [2.05, 4.69) is 37.4 Å². The van der Waals surface area contributed by atoms with Crippen molar-refractivity contribution in [2.24, 2.45) is 0 Å². The van der Waals surface area contributed by atoms with E-state index in [1.807, 2.05) is 11.9 Å². The molecule has 2 rings (SSSR count). The van der Waals surface area contributed by atoms with Crippen LogP contribution in [-0.4, -0.2) is 19.5 Å². The lowest BCUT2D eigenvalue weighted by Crippen LogP contribution is -2.35. The maximum atomic E-state index is 12.0. The van der Waals surface area contributed by atoms with Crippen molar-refractivity contribution in [3.8, 4) is 0 Å². The van der Waals surface area contributed by atoms with Gasteiger partial charge in [0.05, 0.1) is 11.4 Å². The third kappa shape index (κ3) is 2.50. The van der Waals surface area contributed by atoms with Crippen LogP contribution in [0.4, 0.5) is 11.4 Å². The Hall–Kier alpha value is -1.51. The number of benzene rings is 1. The first-order chi connectivity index (χ1) is 8.63. The largest absolute Gasteiger partial charge is 0.386 e. The van der Waals surface area contributed by atoms with Crippen LogP contribution in [-0.2, 0) is 4.79 Å². The minimum atomic E-state index is 0.245. The number of hydrogen-bond acceptors (Lipinski definition) is 2. The van der Waals surface area contributed by atoms with Gasteiger partial charge in [-0.25, -0.2) is 0 Å². The fourth-order valence-electron chi connectivity index (χ4n) is 2.41. The summed E-state index contributed by atoms with van der Waals surface area (Å²) in [4.78, 5) is 13.9. The van der Waals surface area contributed by atoms with Crippen LogP contribution in [0.15, 0.2) is 18.2 Å². The highest BCUT2D eigenvalue weighted by Crippen LogP contribution is 2.31. The standard InChI is InChI=1S/C15H22N2O/c1-11(2)12-7-8-14(13(10-12)16-3)17-9-5-4-6-15(17)18/h7-8,10-11,16H,4-6,9H2,1-3H3. The van der Waals surface area contributed by atoms with Crippen molar-refractivity contribution in [3.63, 3.8) is 0 Å². The van der Waals surface area contributed by atoms with E-state index in [0.29, 0.717) is 12.3 Å². The van der Waals surface area contributed by atoms with Crippen LogP contribution in [0.2, 0.25) is 0 Å². The Bertz CT molecular complexity index is 440. The van der Waals surface area contributed by atoms with Crippen LogP contribution in [0.3, 0.4) is 0 Å². The first-order valence-electron chi connectivity index (χ1n) is 6.75. The lowest BCUT2D eigenvalue weighted by molar-refractivity contribution is -0.119. The Morgan fingerprint density at radius 2 is 2.06 bits per heavy atom. The highest BCUT2D eigenvalue weighted by molar-refractivity contribution is 5.97. The summed E-state index contributed by atoms with van der Waals surface area (Å²) in [5, 5.41) is 3.21. The second kappa shape index (κ2) is 5.42. The van der Waals surface area contributed by atoms with Gasteiger partial charge in [0.2, 0.25) is 5.91 Å². The van der Waals surface area contributed by atoms with Crippen molar-refractivity contribution in [3.05, 3.63) is 23.8 Å². The van der Waals surface area contributed by atoms with Gasteiger partial charge in [0.1, 0.15) is 0 Å². The number of carbonyl (C=O) groups excluding carboxylic acids is 1. The SMILES string of the molecule is CNc1cc(C(C)C)ccc1N1CCCCC1=O. The molecule has 1 aliphatic rings. The van der Waals surface area contributed by atoms with Gasteiger partial charge in [-0.1, -0.05) is 19.9 Å². The van der Waals surface area contributed by atoms with Gasteiger partial charge in [-0.05, 0) is 36.5 Å². The van der Waals surface area contributed by atoms with Crippen LogP contribution in [0.1, 0.15) is 44.6 Å². The average molecular weight is 246 g/mol. The number of hydrogen-bond donors (Lipinski definition) is 1. The zero-order valence-corrected chi connectivity index (χ0v) is 11.5. The van der Waals surface area contributed by atoms with Crippen molar-refractivity contribution < 1.29 is 4.79 Å². The van der Waals surface area contributed by atoms with Crippen molar-refractivity contribution in [1.29, 1.82) is 0 Å². The summed E-state index contributed by atoms with van der Waals surface area (Å²) < 4.78 is 0. The van der Waals surface area contributed by atoms with Gasteiger partial charge >= 0.3 is 0 Å². The van der Waals surface area contributed by atoms with E-state index in [-0.39, 0.29) is 5.91 Å². The van der Waals surface area contributed by atoms with E-state index >= 15 is 0 Å². The molecule has 1 saturated heterocycles. The molecule has 0 atom stereocenters. The molecule has 0 radical (unpaired) electrons. The molecule has 3 nitrogen and oxygen atoms in total. The Morgan fingerprint density at radius 3 is 2.67 bits per heavy atom. The third-order valence-electron chi connectivity index (χ3n) is 3.57. The van der Waals surface area contributed by atoms with E-state index < -0.39 is 0 Å². The predicted octanol–water partition coefficient (Wildman–Crippen LogP) is 3.37. The summed E-state index contributed by atoms with van der Waals surface area (Å²) in [6.45, 7) is 5.20. The average Bonchev–Trinajstić information content (AvgIpc) is 2.38. The highest BCUT2D eigenvalue weighted by atomic mass is 16.2. The summed E-state index contributed by atoms with van der Waals surface area (Å²) in [5.74, 6) is 0.748. The molecule has 0 bridgehead atoms. The zero-order valence-electron chi connectivity index (χ0n) is 11.5. The molecule has 18 heavy (non-hydrogen) atoms. The zero-order chi connectivity index (χ0) is 13.1. The van der Waals surface area contributed by atoms with E-state index in [0.717, 1.165) is 30.8 Å². The van der Waals surface area contributed by atoms with E-state index in [9.17, 15) is 4.79 Å². The van der Waals surface area contributed by atoms with Crippen LogP contribution in [0, 0.1) is 0 Å². The summed E-state index contributed by atoms with van der Waals surface area (Å²) in [6.07, 6.45) is 2.80. The Labute approximate surface area is 109 Å². The number of rotatable bonds is 3. The van der Waals surface area contributed by atoms with Gasteiger partial charge in [0, 0.05) is 20.0 Å². The number of carbonyl (C=O) groups is 1. The lowest BCUT2D eigenvalue weighted by Gasteiger charge is -2.29. The molecule has 1 aromatic rings. The minimum Gasteiger partial charge on any atom is -0.386 e. The molecule has 0 unspecified atom stereocenters. The minimum absolute atomic E-state index is 0.245. The second-order valence-electron chi connectivity index (χ2n) is 5.18. The van der Waals surface area contributed by atoms with Gasteiger partial charge in [-0.15, -0.1) is 0 Å². The predicted molar refractivity (Wildman–Crippen MR) is 76.3 cm³/mol. The molecule has 0 spiro atoms. The summed E-state index contributed by atoms with van der Waals surface area (Å²) in [7, 11) is 1.91. The van der Waals surface area contributed by atoms with Gasteiger partial charge in [0.15, 0.2) is 0 Å². The second-order valence-corrected chi connectivity index (χ2v) is 5.18. The van der Waals surface area contributed by atoms with Gasteiger partial charge < -0.3 is 10.2 Å². The maximum absolute atomic E-state index is 12.0. The van der Waals surface area contributed by atoms with E-state index in [4.69, 9.17) is 0 Å². The molecule has 1 aromatic carbocycles. The summed E-state index contributed by atoms with van der Waals surface area (Å²) in [5.41, 5.74) is 3.37. The molecule has 0 saturated carbocycles. The Morgan fingerprint density at radius 1 is 1.28 bits per heavy atom. The topological polar surface area (TPSA) is 32.3 Å².